The van der Waals surface area contributed by atoms with Gasteiger partial charge in [0.2, 0.25) is 0 Å². The molecule has 0 radical (unpaired) electrons. The zero-order chi connectivity index (χ0) is 14.8. The smallest absolute Gasteiger partial charge is 0.298 e. The summed E-state index contributed by atoms with van der Waals surface area (Å²) in [6.07, 6.45) is 5.07. The van der Waals surface area contributed by atoms with E-state index in [0.29, 0.717) is 6.01 Å². The first-order valence-electron chi connectivity index (χ1n) is 8.22. The molecule has 3 heterocycles. The van der Waals surface area contributed by atoms with E-state index in [0.717, 1.165) is 63.1 Å². The van der Waals surface area contributed by atoms with Crippen molar-refractivity contribution in [3.05, 3.63) is 24.3 Å². The number of aromatic nitrogens is 1. The Labute approximate surface area is 130 Å². The highest BCUT2D eigenvalue weighted by Gasteiger charge is 2.26. The minimum atomic E-state index is 0.274. The van der Waals surface area contributed by atoms with Crippen LogP contribution in [0.25, 0.3) is 11.1 Å². The van der Waals surface area contributed by atoms with Crippen LogP contribution in [0.1, 0.15) is 25.7 Å². The maximum Gasteiger partial charge on any atom is 0.298 e. The first kappa shape index (κ1) is 14.0. The molecule has 0 N–H and O–H groups in total. The lowest BCUT2D eigenvalue weighted by Crippen LogP contribution is -2.38. The predicted molar refractivity (Wildman–Crippen MR) is 84.2 cm³/mol. The summed E-state index contributed by atoms with van der Waals surface area (Å²) in [6.45, 7) is 3.39. The standard InChI is InChI=1S/C17H22N2O3/c1-2-8-16-15(7-1)18-17(22-16)19(11-13-5-3-9-20-13)12-14-6-4-10-21-14/h1-2,7-8,13-14H,3-6,9-12H2/t13-,14-/m0/s1. The highest BCUT2D eigenvalue weighted by atomic mass is 16.5. The van der Waals surface area contributed by atoms with Gasteiger partial charge in [-0.15, -0.1) is 0 Å². The van der Waals surface area contributed by atoms with E-state index in [2.05, 4.69) is 9.88 Å². The van der Waals surface area contributed by atoms with Gasteiger partial charge < -0.3 is 18.8 Å². The molecule has 1 aromatic carbocycles. The zero-order valence-corrected chi connectivity index (χ0v) is 12.7. The van der Waals surface area contributed by atoms with Gasteiger partial charge in [-0.3, -0.25) is 0 Å². The van der Waals surface area contributed by atoms with Crippen LogP contribution in [-0.2, 0) is 9.47 Å². The number of hydrogen-bond acceptors (Lipinski definition) is 5. The molecule has 4 rings (SSSR count). The first-order chi connectivity index (χ1) is 10.9. The van der Waals surface area contributed by atoms with Gasteiger partial charge in [-0.05, 0) is 37.8 Å². The fourth-order valence-electron chi connectivity index (χ4n) is 3.29. The topological polar surface area (TPSA) is 47.7 Å². The molecular formula is C17H22N2O3. The van der Waals surface area contributed by atoms with Crippen LogP contribution in [0, 0.1) is 0 Å². The van der Waals surface area contributed by atoms with Crippen LogP contribution >= 0.6 is 0 Å². The van der Waals surface area contributed by atoms with E-state index in [1.54, 1.807) is 0 Å². The molecule has 0 amide bonds. The van der Waals surface area contributed by atoms with E-state index in [4.69, 9.17) is 13.9 Å². The second-order valence-electron chi connectivity index (χ2n) is 6.14. The van der Waals surface area contributed by atoms with Gasteiger partial charge in [0.15, 0.2) is 5.58 Å². The minimum absolute atomic E-state index is 0.274. The molecule has 5 nitrogen and oxygen atoms in total. The molecule has 0 aliphatic carbocycles. The lowest BCUT2D eigenvalue weighted by atomic mass is 10.2. The van der Waals surface area contributed by atoms with Crippen molar-refractivity contribution in [3.63, 3.8) is 0 Å². The first-order valence-corrected chi connectivity index (χ1v) is 8.22. The average molecular weight is 302 g/mol. The Balaban J connectivity index is 1.56. The second-order valence-corrected chi connectivity index (χ2v) is 6.14. The zero-order valence-electron chi connectivity index (χ0n) is 12.7. The van der Waals surface area contributed by atoms with Crippen LogP contribution in [0.4, 0.5) is 6.01 Å². The number of hydrogen-bond donors (Lipinski definition) is 0. The maximum absolute atomic E-state index is 5.95. The van der Waals surface area contributed by atoms with Crippen molar-refractivity contribution in [1.29, 1.82) is 0 Å². The Morgan fingerprint density at radius 1 is 1.00 bits per heavy atom. The van der Waals surface area contributed by atoms with E-state index < -0.39 is 0 Å². The molecule has 2 atom stereocenters. The maximum atomic E-state index is 5.95. The average Bonchev–Trinajstić information content (AvgIpc) is 3.28. The summed E-state index contributed by atoms with van der Waals surface area (Å²) in [6, 6.07) is 8.59. The van der Waals surface area contributed by atoms with Crippen molar-refractivity contribution in [2.45, 2.75) is 37.9 Å². The molecule has 2 aliphatic rings. The largest absolute Gasteiger partial charge is 0.423 e. The van der Waals surface area contributed by atoms with Crippen molar-refractivity contribution in [1.82, 2.24) is 4.98 Å². The Morgan fingerprint density at radius 2 is 1.68 bits per heavy atom. The van der Waals surface area contributed by atoms with Crippen molar-refractivity contribution in [2.75, 3.05) is 31.2 Å². The molecule has 2 fully saturated rings. The molecule has 1 aromatic heterocycles. The lowest BCUT2D eigenvalue weighted by Gasteiger charge is -2.26. The van der Waals surface area contributed by atoms with Crippen LogP contribution < -0.4 is 4.90 Å². The van der Waals surface area contributed by atoms with Crippen molar-refractivity contribution < 1.29 is 13.9 Å². The molecule has 5 heteroatoms. The van der Waals surface area contributed by atoms with Gasteiger partial charge >= 0.3 is 0 Å². The van der Waals surface area contributed by atoms with Gasteiger partial charge in [0, 0.05) is 26.3 Å². The molecule has 2 saturated heterocycles. The number of anilines is 1. The molecule has 0 unspecified atom stereocenters. The van der Waals surface area contributed by atoms with E-state index in [9.17, 15) is 0 Å². The van der Waals surface area contributed by atoms with Crippen molar-refractivity contribution in [2.24, 2.45) is 0 Å². The highest BCUT2D eigenvalue weighted by Crippen LogP contribution is 2.25. The summed E-state index contributed by atoms with van der Waals surface area (Å²) in [4.78, 5) is 6.85. The Kier molecular flexibility index (Phi) is 3.99. The molecule has 2 aliphatic heterocycles. The van der Waals surface area contributed by atoms with Crippen LogP contribution in [0.5, 0.6) is 0 Å². The molecule has 118 valence electrons. The van der Waals surface area contributed by atoms with Gasteiger partial charge in [-0.25, -0.2) is 0 Å². The number of rotatable bonds is 5. The van der Waals surface area contributed by atoms with Gasteiger partial charge in [0.05, 0.1) is 12.2 Å². The SMILES string of the molecule is c1ccc2oc(N(C[C@@H]3CCCO3)C[C@@H]3CCCO3)nc2c1. The number of para-hydroxylation sites is 2. The number of fused-ring (bicyclic) bond motifs is 1. The highest BCUT2D eigenvalue weighted by molar-refractivity contribution is 5.74. The van der Waals surface area contributed by atoms with Gasteiger partial charge in [-0.2, -0.15) is 4.98 Å². The fourth-order valence-corrected chi connectivity index (χ4v) is 3.29. The normalized spacial score (nSPS) is 25.1. The molecule has 22 heavy (non-hydrogen) atoms. The van der Waals surface area contributed by atoms with Crippen molar-refractivity contribution >= 4 is 17.1 Å². The Hall–Kier alpha value is -1.59. The van der Waals surface area contributed by atoms with E-state index in [-0.39, 0.29) is 12.2 Å². The summed E-state index contributed by atoms with van der Waals surface area (Å²) in [7, 11) is 0. The third-order valence-corrected chi connectivity index (χ3v) is 4.45. The molecule has 0 saturated carbocycles. The van der Waals surface area contributed by atoms with Gasteiger partial charge in [0.25, 0.3) is 6.01 Å². The Bertz CT molecular complexity index is 564. The summed E-state index contributed by atoms with van der Waals surface area (Å²) in [5.41, 5.74) is 1.74. The van der Waals surface area contributed by atoms with Crippen LogP contribution in [0.2, 0.25) is 0 Å². The fraction of sp³-hybridized carbons (Fsp3) is 0.588. The van der Waals surface area contributed by atoms with Gasteiger partial charge in [-0.1, -0.05) is 12.1 Å². The van der Waals surface area contributed by atoms with E-state index in [1.165, 1.54) is 0 Å². The summed E-state index contributed by atoms with van der Waals surface area (Å²) >= 11 is 0. The number of benzene rings is 1. The third kappa shape index (κ3) is 2.96. The summed E-state index contributed by atoms with van der Waals surface area (Å²) in [5, 5.41) is 0. The summed E-state index contributed by atoms with van der Waals surface area (Å²) in [5.74, 6) is 0. The van der Waals surface area contributed by atoms with E-state index in [1.807, 2.05) is 24.3 Å². The molecule has 0 bridgehead atoms. The second kappa shape index (κ2) is 6.26. The number of nitrogens with zero attached hydrogens (tertiary/aromatic N) is 2. The Morgan fingerprint density at radius 3 is 2.27 bits per heavy atom. The predicted octanol–water partition coefficient (Wildman–Crippen LogP) is 2.99. The third-order valence-electron chi connectivity index (χ3n) is 4.45. The van der Waals surface area contributed by atoms with Crippen LogP contribution in [-0.4, -0.2) is 43.5 Å². The monoisotopic (exact) mass is 302 g/mol. The number of oxazole rings is 1. The quantitative estimate of drug-likeness (QED) is 0.849. The molecule has 2 aromatic rings. The van der Waals surface area contributed by atoms with Crippen LogP contribution in [0.3, 0.4) is 0 Å². The van der Waals surface area contributed by atoms with Crippen LogP contribution in [0.15, 0.2) is 28.7 Å². The van der Waals surface area contributed by atoms with Crippen molar-refractivity contribution in [3.8, 4) is 0 Å². The minimum Gasteiger partial charge on any atom is -0.423 e. The number of ether oxygens (including phenoxy) is 2. The molecular weight excluding hydrogens is 280 g/mol. The van der Waals surface area contributed by atoms with E-state index >= 15 is 0 Å². The lowest BCUT2D eigenvalue weighted by molar-refractivity contribution is 0.0983. The molecule has 0 spiro atoms. The summed E-state index contributed by atoms with van der Waals surface area (Å²) < 4.78 is 17.5. The van der Waals surface area contributed by atoms with Gasteiger partial charge in [0.1, 0.15) is 5.52 Å².